The predicted octanol–water partition coefficient (Wildman–Crippen LogP) is 2.37. The quantitative estimate of drug-likeness (QED) is 0.766. The lowest BCUT2D eigenvalue weighted by Gasteiger charge is -2.17. The van der Waals surface area contributed by atoms with Crippen molar-refractivity contribution in [3.63, 3.8) is 0 Å². The summed E-state index contributed by atoms with van der Waals surface area (Å²) in [5.41, 5.74) is 1.15. The van der Waals surface area contributed by atoms with Gasteiger partial charge in [0.1, 0.15) is 5.76 Å². The fourth-order valence-corrected chi connectivity index (χ4v) is 2.67. The summed E-state index contributed by atoms with van der Waals surface area (Å²) in [6.45, 7) is 1.93. The third-order valence-electron chi connectivity index (χ3n) is 3.57. The Labute approximate surface area is 90.3 Å². The summed E-state index contributed by atoms with van der Waals surface area (Å²) in [7, 11) is 0. The molecule has 3 nitrogen and oxygen atoms in total. The Balaban J connectivity index is 1.82. The maximum absolute atomic E-state index is 5.89. The van der Waals surface area contributed by atoms with Gasteiger partial charge in [-0.25, -0.2) is 4.98 Å². The third-order valence-corrected chi connectivity index (χ3v) is 3.57. The van der Waals surface area contributed by atoms with Gasteiger partial charge in [-0.15, -0.1) is 0 Å². The van der Waals surface area contributed by atoms with Gasteiger partial charge in [0.2, 0.25) is 0 Å². The van der Waals surface area contributed by atoms with Gasteiger partial charge in [0, 0.05) is 25.4 Å². The first-order valence-corrected chi connectivity index (χ1v) is 6.12. The number of nitrogens with zero attached hydrogens (tertiary/aromatic N) is 1. The molecule has 0 aromatic carbocycles. The zero-order chi connectivity index (χ0) is 10.1. The number of hydrogen-bond acceptors (Lipinski definition) is 3. The zero-order valence-electron chi connectivity index (χ0n) is 9.09. The van der Waals surface area contributed by atoms with Crippen molar-refractivity contribution in [1.29, 1.82) is 0 Å². The Kier molecular flexibility index (Phi) is 2.49. The van der Waals surface area contributed by atoms with Crippen LogP contribution in [0.25, 0.3) is 0 Å². The molecule has 1 N–H and O–H groups in total. The summed E-state index contributed by atoms with van der Waals surface area (Å²) in [6.07, 6.45) is 7.62. The molecule has 0 radical (unpaired) electrons. The van der Waals surface area contributed by atoms with Gasteiger partial charge < -0.3 is 9.73 Å². The molecule has 1 aromatic rings. The monoisotopic (exact) mass is 206 g/mol. The number of rotatable bonds is 1. The van der Waals surface area contributed by atoms with Crippen LogP contribution in [0, 0.1) is 0 Å². The second-order valence-electron chi connectivity index (χ2n) is 4.68. The Morgan fingerprint density at radius 1 is 1.20 bits per heavy atom. The summed E-state index contributed by atoms with van der Waals surface area (Å²) in [5.74, 6) is 2.75. The highest BCUT2D eigenvalue weighted by molar-refractivity contribution is 5.14. The molecule has 1 aliphatic heterocycles. The average molecular weight is 206 g/mol. The molecule has 0 amide bonds. The van der Waals surface area contributed by atoms with Crippen LogP contribution in [0.5, 0.6) is 0 Å². The molecular formula is C12H18N2O. The SMILES string of the molecule is C1CCC(c2nc3c(o2)CCNC3)CC1. The van der Waals surface area contributed by atoms with Crippen LogP contribution in [0.3, 0.4) is 0 Å². The minimum atomic E-state index is 0.601. The van der Waals surface area contributed by atoms with E-state index in [-0.39, 0.29) is 0 Å². The van der Waals surface area contributed by atoms with Gasteiger partial charge in [-0.3, -0.25) is 0 Å². The molecule has 3 heteroatoms. The molecule has 82 valence electrons. The van der Waals surface area contributed by atoms with Gasteiger partial charge in [0.15, 0.2) is 5.89 Å². The summed E-state index contributed by atoms with van der Waals surface area (Å²) >= 11 is 0. The van der Waals surface area contributed by atoms with Gasteiger partial charge in [0.05, 0.1) is 5.69 Å². The fraction of sp³-hybridized carbons (Fsp3) is 0.750. The van der Waals surface area contributed by atoms with E-state index in [2.05, 4.69) is 10.3 Å². The van der Waals surface area contributed by atoms with E-state index >= 15 is 0 Å². The molecule has 1 saturated carbocycles. The van der Waals surface area contributed by atoms with E-state index in [0.717, 1.165) is 36.9 Å². The molecule has 0 spiro atoms. The molecule has 1 aliphatic carbocycles. The summed E-state index contributed by atoms with van der Waals surface area (Å²) in [4.78, 5) is 4.65. The van der Waals surface area contributed by atoms with Crippen molar-refractivity contribution in [1.82, 2.24) is 10.3 Å². The van der Waals surface area contributed by atoms with Crippen molar-refractivity contribution in [2.45, 2.75) is 51.0 Å². The highest BCUT2D eigenvalue weighted by Crippen LogP contribution is 2.33. The number of nitrogens with one attached hydrogen (secondary N) is 1. The lowest BCUT2D eigenvalue weighted by atomic mass is 9.89. The van der Waals surface area contributed by atoms with E-state index in [4.69, 9.17) is 4.42 Å². The van der Waals surface area contributed by atoms with Crippen LogP contribution in [0.1, 0.15) is 55.4 Å². The summed E-state index contributed by atoms with van der Waals surface area (Å²) < 4.78 is 5.89. The maximum Gasteiger partial charge on any atom is 0.197 e. The van der Waals surface area contributed by atoms with Crippen LogP contribution in [0.15, 0.2) is 4.42 Å². The Bertz CT molecular complexity index is 316. The van der Waals surface area contributed by atoms with Crippen molar-refractivity contribution in [3.05, 3.63) is 17.3 Å². The molecule has 0 unspecified atom stereocenters. The van der Waals surface area contributed by atoms with Crippen LogP contribution in [0.2, 0.25) is 0 Å². The zero-order valence-corrected chi connectivity index (χ0v) is 9.09. The second-order valence-corrected chi connectivity index (χ2v) is 4.68. The van der Waals surface area contributed by atoms with Crippen LogP contribution in [-0.2, 0) is 13.0 Å². The maximum atomic E-state index is 5.89. The van der Waals surface area contributed by atoms with Gasteiger partial charge in [-0.1, -0.05) is 19.3 Å². The Morgan fingerprint density at radius 2 is 2.07 bits per heavy atom. The topological polar surface area (TPSA) is 38.1 Å². The molecule has 3 rings (SSSR count). The first kappa shape index (κ1) is 9.40. The third kappa shape index (κ3) is 1.81. The van der Waals surface area contributed by atoms with Gasteiger partial charge >= 0.3 is 0 Å². The van der Waals surface area contributed by atoms with Crippen molar-refractivity contribution in [2.75, 3.05) is 6.54 Å². The second kappa shape index (κ2) is 3.97. The largest absolute Gasteiger partial charge is 0.445 e. The number of aromatic nitrogens is 1. The van der Waals surface area contributed by atoms with Crippen molar-refractivity contribution in [2.24, 2.45) is 0 Å². The molecular weight excluding hydrogens is 188 g/mol. The molecule has 2 aliphatic rings. The van der Waals surface area contributed by atoms with Crippen LogP contribution in [0.4, 0.5) is 0 Å². The van der Waals surface area contributed by atoms with E-state index in [9.17, 15) is 0 Å². The first-order chi connectivity index (χ1) is 7.43. The van der Waals surface area contributed by atoms with E-state index in [1.54, 1.807) is 0 Å². The van der Waals surface area contributed by atoms with Crippen molar-refractivity contribution < 1.29 is 4.42 Å². The highest BCUT2D eigenvalue weighted by atomic mass is 16.4. The van der Waals surface area contributed by atoms with Crippen molar-refractivity contribution in [3.8, 4) is 0 Å². The summed E-state index contributed by atoms with van der Waals surface area (Å²) in [6, 6.07) is 0. The van der Waals surface area contributed by atoms with Crippen LogP contribution >= 0.6 is 0 Å². The number of fused-ring (bicyclic) bond motifs is 1. The van der Waals surface area contributed by atoms with Crippen LogP contribution in [-0.4, -0.2) is 11.5 Å². The van der Waals surface area contributed by atoms with E-state index in [0.29, 0.717) is 5.92 Å². The van der Waals surface area contributed by atoms with E-state index < -0.39 is 0 Å². The Morgan fingerprint density at radius 3 is 2.87 bits per heavy atom. The molecule has 1 aromatic heterocycles. The summed E-state index contributed by atoms with van der Waals surface area (Å²) in [5, 5.41) is 3.33. The molecule has 0 bridgehead atoms. The molecule has 1 fully saturated rings. The van der Waals surface area contributed by atoms with Gasteiger partial charge in [0.25, 0.3) is 0 Å². The lowest BCUT2D eigenvalue weighted by Crippen LogP contribution is -2.22. The minimum absolute atomic E-state index is 0.601. The fourth-order valence-electron chi connectivity index (χ4n) is 2.67. The predicted molar refractivity (Wildman–Crippen MR) is 57.7 cm³/mol. The molecule has 15 heavy (non-hydrogen) atoms. The molecule has 0 saturated heterocycles. The molecule has 2 heterocycles. The van der Waals surface area contributed by atoms with E-state index in [1.807, 2.05) is 0 Å². The number of oxazole rings is 1. The van der Waals surface area contributed by atoms with Gasteiger partial charge in [-0.2, -0.15) is 0 Å². The number of hydrogen-bond donors (Lipinski definition) is 1. The molecule has 0 atom stereocenters. The minimum Gasteiger partial charge on any atom is -0.445 e. The van der Waals surface area contributed by atoms with Crippen LogP contribution < -0.4 is 5.32 Å². The van der Waals surface area contributed by atoms with Gasteiger partial charge in [-0.05, 0) is 12.8 Å². The normalized spacial score (nSPS) is 22.7. The van der Waals surface area contributed by atoms with Crippen molar-refractivity contribution >= 4 is 0 Å². The average Bonchev–Trinajstić information content (AvgIpc) is 2.74. The van der Waals surface area contributed by atoms with E-state index in [1.165, 1.54) is 32.1 Å². The highest BCUT2D eigenvalue weighted by Gasteiger charge is 2.23. The lowest BCUT2D eigenvalue weighted by molar-refractivity contribution is 0.349. The standard InChI is InChI=1S/C12H18N2O/c1-2-4-9(5-3-1)12-14-10-8-13-7-6-11(10)15-12/h9,13H,1-8H2. The smallest absolute Gasteiger partial charge is 0.197 e. The Hall–Kier alpha value is -0.830. The first-order valence-electron chi connectivity index (χ1n) is 6.12.